The van der Waals surface area contributed by atoms with Crippen molar-refractivity contribution < 1.29 is 4.74 Å². The summed E-state index contributed by atoms with van der Waals surface area (Å²) >= 11 is 0. The summed E-state index contributed by atoms with van der Waals surface area (Å²) in [5.74, 6) is 0.753. The van der Waals surface area contributed by atoms with Gasteiger partial charge in [0.15, 0.2) is 0 Å². The van der Waals surface area contributed by atoms with Gasteiger partial charge in [0.05, 0.1) is 6.61 Å². The Balaban J connectivity index is 2.05. The maximum absolute atomic E-state index is 5.48. The molecule has 0 unspecified atom stereocenters. The largest absolute Gasteiger partial charge is 0.381 e. The van der Waals surface area contributed by atoms with Crippen molar-refractivity contribution in [3.63, 3.8) is 0 Å². The molecule has 0 aromatic rings. The van der Waals surface area contributed by atoms with E-state index in [2.05, 4.69) is 26.1 Å². The van der Waals surface area contributed by atoms with Gasteiger partial charge in [-0.15, -0.1) is 0 Å². The van der Waals surface area contributed by atoms with Crippen molar-refractivity contribution in [2.45, 2.75) is 33.6 Å². The van der Waals surface area contributed by atoms with E-state index in [0.717, 1.165) is 32.2 Å². The Hall–Kier alpha value is -0.0800. The smallest absolute Gasteiger partial charge is 0.0534 e. The molecule has 0 heterocycles. The van der Waals surface area contributed by atoms with Gasteiger partial charge >= 0.3 is 0 Å². The minimum atomic E-state index is 0.505. The lowest BCUT2D eigenvalue weighted by Gasteiger charge is -2.16. The zero-order valence-electron chi connectivity index (χ0n) is 9.23. The molecule has 2 heteroatoms. The first-order valence-electron chi connectivity index (χ1n) is 5.47. The van der Waals surface area contributed by atoms with Crippen molar-refractivity contribution >= 4 is 0 Å². The third kappa shape index (κ3) is 4.10. The van der Waals surface area contributed by atoms with E-state index in [1.807, 2.05) is 0 Å². The molecule has 1 rings (SSSR count). The zero-order valence-corrected chi connectivity index (χ0v) is 9.23. The van der Waals surface area contributed by atoms with Crippen LogP contribution in [0.5, 0.6) is 0 Å². The molecule has 0 saturated heterocycles. The van der Waals surface area contributed by atoms with E-state index < -0.39 is 0 Å². The minimum absolute atomic E-state index is 0.505. The minimum Gasteiger partial charge on any atom is -0.381 e. The number of hydrogen-bond donors (Lipinski definition) is 1. The Morgan fingerprint density at radius 3 is 2.54 bits per heavy atom. The van der Waals surface area contributed by atoms with Gasteiger partial charge in [0.1, 0.15) is 0 Å². The van der Waals surface area contributed by atoms with E-state index in [4.69, 9.17) is 4.74 Å². The molecule has 1 aliphatic carbocycles. The summed E-state index contributed by atoms with van der Waals surface area (Å²) in [4.78, 5) is 0. The van der Waals surface area contributed by atoms with E-state index in [0.29, 0.717) is 5.41 Å². The standard InChI is InChI=1S/C11H23NO/c1-4-13-9-11(5-6-11)8-12-7-10(2)3/h10,12H,4-9H2,1-3H3. The Labute approximate surface area is 82.0 Å². The molecule has 0 aliphatic heterocycles. The van der Waals surface area contributed by atoms with Gasteiger partial charge in [-0.05, 0) is 32.2 Å². The Kier molecular flexibility index (Phi) is 4.20. The summed E-state index contributed by atoms with van der Waals surface area (Å²) in [6, 6.07) is 0. The van der Waals surface area contributed by atoms with Crippen LogP contribution in [0.1, 0.15) is 33.6 Å². The molecule has 1 saturated carbocycles. The third-order valence-electron chi connectivity index (χ3n) is 2.62. The molecule has 0 aromatic carbocycles. The highest BCUT2D eigenvalue weighted by Crippen LogP contribution is 2.45. The molecule has 13 heavy (non-hydrogen) atoms. The molecule has 1 N–H and O–H groups in total. The first-order chi connectivity index (χ1) is 6.18. The lowest BCUT2D eigenvalue weighted by atomic mass is 10.1. The van der Waals surface area contributed by atoms with Crippen molar-refractivity contribution in [2.75, 3.05) is 26.3 Å². The van der Waals surface area contributed by atoms with Crippen LogP contribution in [-0.2, 0) is 4.74 Å². The van der Waals surface area contributed by atoms with Gasteiger partial charge in [-0.1, -0.05) is 13.8 Å². The molecule has 0 atom stereocenters. The third-order valence-corrected chi connectivity index (χ3v) is 2.62. The molecule has 2 nitrogen and oxygen atoms in total. The monoisotopic (exact) mass is 185 g/mol. The summed E-state index contributed by atoms with van der Waals surface area (Å²) in [6.45, 7) is 10.6. The second kappa shape index (κ2) is 4.97. The van der Waals surface area contributed by atoms with Crippen LogP contribution in [0.4, 0.5) is 0 Å². The van der Waals surface area contributed by atoms with Gasteiger partial charge in [-0.2, -0.15) is 0 Å². The molecule has 1 aliphatic rings. The van der Waals surface area contributed by atoms with Crippen molar-refractivity contribution in [3.05, 3.63) is 0 Å². The SMILES string of the molecule is CCOCC1(CNCC(C)C)CC1. The van der Waals surface area contributed by atoms with Crippen molar-refractivity contribution in [2.24, 2.45) is 11.3 Å². The predicted octanol–water partition coefficient (Wildman–Crippen LogP) is 2.05. The van der Waals surface area contributed by atoms with Gasteiger partial charge in [-0.25, -0.2) is 0 Å². The Bertz CT molecular complexity index is 141. The van der Waals surface area contributed by atoms with Crippen LogP contribution in [-0.4, -0.2) is 26.3 Å². The average molecular weight is 185 g/mol. The van der Waals surface area contributed by atoms with Crippen LogP contribution >= 0.6 is 0 Å². The molecule has 0 aromatic heterocycles. The number of rotatable bonds is 7. The summed E-state index contributed by atoms with van der Waals surface area (Å²) in [7, 11) is 0. The quantitative estimate of drug-likeness (QED) is 0.655. The fraction of sp³-hybridized carbons (Fsp3) is 1.00. The fourth-order valence-corrected chi connectivity index (χ4v) is 1.49. The first kappa shape index (κ1) is 11.0. The topological polar surface area (TPSA) is 21.3 Å². The Morgan fingerprint density at radius 1 is 1.38 bits per heavy atom. The van der Waals surface area contributed by atoms with Gasteiger partial charge in [0.25, 0.3) is 0 Å². The van der Waals surface area contributed by atoms with Crippen molar-refractivity contribution in [1.82, 2.24) is 5.32 Å². The number of nitrogens with one attached hydrogen (secondary N) is 1. The summed E-state index contributed by atoms with van der Waals surface area (Å²) < 4.78 is 5.48. The summed E-state index contributed by atoms with van der Waals surface area (Å²) in [5, 5.41) is 3.52. The average Bonchev–Trinajstić information content (AvgIpc) is 2.82. The maximum atomic E-state index is 5.48. The Morgan fingerprint density at radius 2 is 2.08 bits per heavy atom. The lowest BCUT2D eigenvalue weighted by Crippen LogP contribution is -2.30. The van der Waals surface area contributed by atoms with E-state index in [-0.39, 0.29) is 0 Å². The molecule has 0 bridgehead atoms. The zero-order chi connectivity index (χ0) is 9.73. The van der Waals surface area contributed by atoms with Crippen molar-refractivity contribution in [3.8, 4) is 0 Å². The maximum Gasteiger partial charge on any atom is 0.0534 e. The first-order valence-corrected chi connectivity index (χ1v) is 5.47. The van der Waals surface area contributed by atoms with Crippen LogP contribution in [0, 0.1) is 11.3 Å². The highest BCUT2D eigenvalue weighted by molar-refractivity contribution is 4.94. The molecular formula is C11H23NO. The van der Waals surface area contributed by atoms with E-state index in [1.165, 1.54) is 12.8 Å². The van der Waals surface area contributed by atoms with Crippen molar-refractivity contribution in [1.29, 1.82) is 0 Å². The fourth-order valence-electron chi connectivity index (χ4n) is 1.49. The summed E-state index contributed by atoms with van der Waals surface area (Å²) in [6.07, 6.45) is 2.69. The van der Waals surface area contributed by atoms with Gasteiger partial charge in [0.2, 0.25) is 0 Å². The second-order valence-electron chi connectivity index (χ2n) is 4.66. The second-order valence-corrected chi connectivity index (χ2v) is 4.66. The predicted molar refractivity (Wildman–Crippen MR) is 55.9 cm³/mol. The number of ether oxygens (including phenoxy) is 1. The van der Waals surface area contributed by atoms with Gasteiger partial charge in [0, 0.05) is 18.6 Å². The molecule has 1 fully saturated rings. The van der Waals surface area contributed by atoms with E-state index in [1.54, 1.807) is 0 Å². The normalized spacial score (nSPS) is 19.4. The van der Waals surface area contributed by atoms with E-state index in [9.17, 15) is 0 Å². The van der Waals surface area contributed by atoms with E-state index >= 15 is 0 Å². The van der Waals surface area contributed by atoms with Crippen LogP contribution in [0.2, 0.25) is 0 Å². The molecule has 0 spiro atoms. The highest BCUT2D eigenvalue weighted by atomic mass is 16.5. The number of hydrogen-bond acceptors (Lipinski definition) is 2. The molecular weight excluding hydrogens is 162 g/mol. The van der Waals surface area contributed by atoms with Gasteiger partial charge in [-0.3, -0.25) is 0 Å². The van der Waals surface area contributed by atoms with Crippen LogP contribution in [0.3, 0.4) is 0 Å². The lowest BCUT2D eigenvalue weighted by molar-refractivity contribution is 0.0997. The van der Waals surface area contributed by atoms with Gasteiger partial charge < -0.3 is 10.1 Å². The summed E-state index contributed by atoms with van der Waals surface area (Å²) in [5.41, 5.74) is 0.505. The van der Waals surface area contributed by atoms with Crippen LogP contribution in [0.15, 0.2) is 0 Å². The van der Waals surface area contributed by atoms with Crippen LogP contribution < -0.4 is 5.32 Å². The molecule has 78 valence electrons. The molecule has 0 radical (unpaired) electrons. The highest BCUT2D eigenvalue weighted by Gasteiger charge is 2.42. The molecule has 0 amide bonds. The van der Waals surface area contributed by atoms with Crippen LogP contribution in [0.25, 0.3) is 0 Å².